The molecule has 0 aliphatic heterocycles. The van der Waals surface area contributed by atoms with Crippen LogP contribution in [0.25, 0.3) is 11.0 Å². The number of imidazole rings is 1. The summed E-state index contributed by atoms with van der Waals surface area (Å²) in [6, 6.07) is 17.3. The maximum atomic E-state index is 12.5. The number of unbranched alkanes of at least 4 members (excludes halogenated alkanes) is 2. The molecule has 3 rings (SSSR count). The fraction of sp³-hybridized carbons (Fsp3) is 0.333. The van der Waals surface area contributed by atoms with Crippen molar-refractivity contribution >= 4 is 16.9 Å². The highest BCUT2D eigenvalue weighted by atomic mass is 16.1. The summed E-state index contributed by atoms with van der Waals surface area (Å²) in [7, 11) is 0. The lowest BCUT2D eigenvalue weighted by Gasteiger charge is -2.16. The SMILES string of the molecule is CCCCCn1c(C(C)NC(=O)c2ccccc2)nc2ccccc21. The average Bonchev–Trinajstić information content (AvgIpc) is 3.01. The highest BCUT2D eigenvalue weighted by Gasteiger charge is 2.18. The number of carbonyl (C=O) groups excluding carboxylic acids is 1. The Balaban J connectivity index is 1.85. The Hall–Kier alpha value is -2.62. The number of amides is 1. The third-order valence-corrected chi connectivity index (χ3v) is 4.44. The van der Waals surface area contributed by atoms with Gasteiger partial charge in [-0.25, -0.2) is 4.98 Å². The van der Waals surface area contributed by atoms with Gasteiger partial charge in [0.05, 0.1) is 17.1 Å². The van der Waals surface area contributed by atoms with Crippen molar-refractivity contribution in [1.82, 2.24) is 14.9 Å². The summed E-state index contributed by atoms with van der Waals surface area (Å²) < 4.78 is 2.25. The van der Waals surface area contributed by atoms with Gasteiger partial charge in [-0.15, -0.1) is 0 Å². The molecule has 4 nitrogen and oxygen atoms in total. The van der Waals surface area contributed by atoms with Gasteiger partial charge in [0.15, 0.2) is 0 Å². The van der Waals surface area contributed by atoms with Crippen molar-refractivity contribution in [3.8, 4) is 0 Å². The van der Waals surface area contributed by atoms with Crippen molar-refractivity contribution in [3.05, 3.63) is 66.0 Å². The molecule has 0 aliphatic carbocycles. The van der Waals surface area contributed by atoms with Crippen LogP contribution < -0.4 is 5.32 Å². The molecule has 1 N–H and O–H groups in total. The number of aryl methyl sites for hydroxylation is 1. The molecular weight excluding hydrogens is 310 g/mol. The second kappa shape index (κ2) is 7.97. The normalized spacial score (nSPS) is 12.2. The van der Waals surface area contributed by atoms with Gasteiger partial charge in [0, 0.05) is 12.1 Å². The van der Waals surface area contributed by atoms with Gasteiger partial charge in [0.25, 0.3) is 5.91 Å². The molecule has 2 aromatic carbocycles. The van der Waals surface area contributed by atoms with Crippen LogP contribution in [0.4, 0.5) is 0 Å². The summed E-state index contributed by atoms with van der Waals surface area (Å²) >= 11 is 0. The van der Waals surface area contributed by atoms with Crippen molar-refractivity contribution in [2.75, 3.05) is 0 Å². The number of benzene rings is 2. The average molecular weight is 335 g/mol. The van der Waals surface area contributed by atoms with Gasteiger partial charge in [-0.3, -0.25) is 4.79 Å². The standard InChI is InChI=1S/C21H25N3O/c1-3-4-10-15-24-19-14-9-8-13-18(19)23-20(24)16(2)22-21(25)17-11-6-5-7-12-17/h5-9,11-14,16H,3-4,10,15H2,1-2H3,(H,22,25). The molecule has 0 saturated heterocycles. The summed E-state index contributed by atoms with van der Waals surface area (Å²) in [6.07, 6.45) is 3.49. The first kappa shape index (κ1) is 17.2. The molecule has 0 saturated carbocycles. The maximum Gasteiger partial charge on any atom is 0.251 e. The van der Waals surface area contributed by atoms with E-state index in [1.165, 1.54) is 12.8 Å². The third-order valence-electron chi connectivity index (χ3n) is 4.44. The van der Waals surface area contributed by atoms with Gasteiger partial charge in [-0.1, -0.05) is 50.1 Å². The van der Waals surface area contributed by atoms with Gasteiger partial charge in [-0.05, 0) is 37.6 Å². The van der Waals surface area contributed by atoms with Crippen LogP contribution in [0.5, 0.6) is 0 Å². The lowest BCUT2D eigenvalue weighted by molar-refractivity contribution is 0.0937. The van der Waals surface area contributed by atoms with Crippen LogP contribution in [-0.4, -0.2) is 15.5 Å². The predicted octanol–water partition coefficient (Wildman–Crippen LogP) is 4.72. The summed E-state index contributed by atoms with van der Waals surface area (Å²) in [5, 5.41) is 3.08. The topological polar surface area (TPSA) is 46.9 Å². The second-order valence-electron chi connectivity index (χ2n) is 6.38. The molecule has 0 fully saturated rings. The minimum Gasteiger partial charge on any atom is -0.342 e. The molecule has 4 heteroatoms. The zero-order valence-electron chi connectivity index (χ0n) is 14.9. The summed E-state index contributed by atoms with van der Waals surface area (Å²) in [5.74, 6) is 0.849. The van der Waals surface area contributed by atoms with E-state index in [0.717, 1.165) is 29.8 Å². The van der Waals surface area contributed by atoms with Crippen molar-refractivity contribution in [3.63, 3.8) is 0 Å². The first-order valence-electron chi connectivity index (χ1n) is 9.01. The molecule has 1 atom stereocenters. The Morgan fingerprint density at radius 2 is 1.80 bits per heavy atom. The van der Waals surface area contributed by atoms with Gasteiger partial charge in [0.2, 0.25) is 0 Å². The van der Waals surface area contributed by atoms with E-state index in [4.69, 9.17) is 4.98 Å². The number of para-hydroxylation sites is 2. The fourth-order valence-electron chi connectivity index (χ4n) is 3.11. The quantitative estimate of drug-likeness (QED) is 0.635. The minimum absolute atomic E-state index is 0.0692. The lowest BCUT2D eigenvalue weighted by Crippen LogP contribution is -2.28. The van der Waals surface area contributed by atoms with Gasteiger partial charge < -0.3 is 9.88 Å². The van der Waals surface area contributed by atoms with Crippen molar-refractivity contribution in [2.24, 2.45) is 0 Å². The van der Waals surface area contributed by atoms with Crippen LogP contribution in [0.1, 0.15) is 55.3 Å². The molecule has 1 aromatic heterocycles. The summed E-state index contributed by atoms with van der Waals surface area (Å²) in [5.41, 5.74) is 2.78. The maximum absolute atomic E-state index is 12.5. The fourth-order valence-corrected chi connectivity index (χ4v) is 3.11. The molecule has 1 heterocycles. The highest BCUT2D eigenvalue weighted by Crippen LogP contribution is 2.22. The van der Waals surface area contributed by atoms with E-state index in [-0.39, 0.29) is 11.9 Å². The van der Waals surface area contributed by atoms with Crippen LogP contribution in [0.3, 0.4) is 0 Å². The summed E-state index contributed by atoms with van der Waals surface area (Å²) in [6.45, 7) is 5.13. The molecule has 0 aliphatic rings. The van der Waals surface area contributed by atoms with E-state index in [1.54, 1.807) is 0 Å². The van der Waals surface area contributed by atoms with E-state index in [1.807, 2.05) is 55.5 Å². The number of hydrogen-bond donors (Lipinski definition) is 1. The first-order chi connectivity index (χ1) is 12.2. The predicted molar refractivity (Wildman–Crippen MR) is 102 cm³/mol. The van der Waals surface area contributed by atoms with Crippen LogP contribution in [-0.2, 0) is 6.54 Å². The number of rotatable bonds is 7. The van der Waals surface area contributed by atoms with E-state index < -0.39 is 0 Å². The molecule has 25 heavy (non-hydrogen) atoms. The number of hydrogen-bond acceptors (Lipinski definition) is 2. The summed E-state index contributed by atoms with van der Waals surface area (Å²) in [4.78, 5) is 17.3. The molecule has 3 aromatic rings. The number of fused-ring (bicyclic) bond motifs is 1. The lowest BCUT2D eigenvalue weighted by atomic mass is 10.2. The molecular formula is C21H25N3O. The molecule has 130 valence electrons. The third kappa shape index (κ3) is 3.90. The second-order valence-corrected chi connectivity index (χ2v) is 6.38. The van der Waals surface area contributed by atoms with Crippen molar-refractivity contribution < 1.29 is 4.79 Å². The molecule has 0 bridgehead atoms. The zero-order valence-corrected chi connectivity index (χ0v) is 14.9. The highest BCUT2D eigenvalue weighted by molar-refractivity contribution is 5.94. The van der Waals surface area contributed by atoms with Crippen LogP contribution >= 0.6 is 0 Å². The monoisotopic (exact) mass is 335 g/mol. The minimum atomic E-state index is -0.151. The largest absolute Gasteiger partial charge is 0.342 e. The number of carbonyl (C=O) groups is 1. The Morgan fingerprint density at radius 3 is 2.56 bits per heavy atom. The number of nitrogens with zero attached hydrogens (tertiary/aromatic N) is 2. The zero-order chi connectivity index (χ0) is 17.6. The van der Waals surface area contributed by atoms with Crippen LogP contribution in [0.15, 0.2) is 54.6 Å². The molecule has 1 amide bonds. The molecule has 0 radical (unpaired) electrons. The van der Waals surface area contributed by atoms with Gasteiger partial charge in [0.1, 0.15) is 5.82 Å². The van der Waals surface area contributed by atoms with Gasteiger partial charge in [-0.2, -0.15) is 0 Å². The van der Waals surface area contributed by atoms with E-state index in [9.17, 15) is 4.79 Å². The number of aromatic nitrogens is 2. The van der Waals surface area contributed by atoms with E-state index in [0.29, 0.717) is 5.56 Å². The molecule has 1 unspecified atom stereocenters. The Bertz CT molecular complexity index is 839. The number of nitrogens with one attached hydrogen (secondary N) is 1. The van der Waals surface area contributed by atoms with Crippen molar-refractivity contribution in [1.29, 1.82) is 0 Å². The van der Waals surface area contributed by atoms with Crippen LogP contribution in [0, 0.1) is 0 Å². The Morgan fingerprint density at radius 1 is 1.08 bits per heavy atom. The van der Waals surface area contributed by atoms with E-state index in [2.05, 4.69) is 22.9 Å². The smallest absolute Gasteiger partial charge is 0.251 e. The van der Waals surface area contributed by atoms with Crippen molar-refractivity contribution in [2.45, 2.75) is 45.7 Å². The first-order valence-corrected chi connectivity index (χ1v) is 9.01. The molecule has 0 spiro atoms. The Labute approximate surface area is 148 Å². The Kier molecular flexibility index (Phi) is 5.49. The van der Waals surface area contributed by atoms with Crippen LogP contribution in [0.2, 0.25) is 0 Å². The van der Waals surface area contributed by atoms with E-state index >= 15 is 0 Å². The van der Waals surface area contributed by atoms with Gasteiger partial charge >= 0.3 is 0 Å².